The van der Waals surface area contributed by atoms with E-state index in [1.807, 2.05) is 0 Å². The number of rotatable bonds is 6. The average Bonchev–Trinajstić information content (AvgIpc) is 2.34. The molecule has 1 N–H and O–H groups in total. The van der Waals surface area contributed by atoms with Crippen molar-refractivity contribution in [3.05, 3.63) is 40.4 Å². The van der Waals surface area contributed by atoms with E-state index < -0.39 is 0 Å². The summed E-state index contributed by atoms with van der Waals surface area (Å²) in [6.45, 7) is 5.19. The lowest BCUT2D eigenvalue weighted by Crippen LogP contribution is -2.21. The normalized spacial score (nSPS) is 12.2. The summed E-state index contributed by atoms with van der Waals surface area (Å²) in [6, 6.07) is 9.00. The molecule has 17 heavy (non-hydrogen) atoms. The van der Waals surface area contributed by atoms with Gasteiger partial charge in [-0.05, 0) is 17.7 Å². The molecule has 0 radical (unpaired) electrons. The van der Waals surface area contributed by atoms with Crippen molar-refractivity contribution >= 4 is 35.0 Å². The topological polar surface area (TPSA) is 12.0 Å². The highest BCUT2D eigenvalue weighted by molar-refractivity contribution is 7.99. The summed E-state index contributed by atoms with van der Waals surface area (Å²) in [5, 5.41) is 4.05. The van der Waals surface area contributed by atoms with E-state index in [4.69, 9.17) is 23.2 Å². The van der Waals surface area contributed by atoms with Gasteiger partial charge in [-0.15, -0.1) is 11.8 Å². The van der Waals surface area contributed by atoms with Crippen LogP contribution in [-0.2, 0) is 6.54 Å². The lowest BCUT2D eigenvalue weighted by atomic mass is 10.2. The van der Waals surface area contributed by atoms with Crippen molar-refractivity contribution in [3.63, 3.8) is 0 Å². The molecule has 0 fully saturated rings. The Morgan fingerprint density at radius 2 is 2.00 bits per heavy atom. The van der Waals surface area contributed by atoms with Gasteiger partial charge >= 0.3 is 0 Å². The third-order valence-electron chi connectivity index (χ3n) is 2.13. The van der Waals surface area contributed by atoms with Gasteiger partial charge in [0.1, 0.15) is 0 Å². The Labute approximate surface area is 118 Å². The molecule has 1 aromatic carbocycles. The molecular formula is C13H17Cl2NS. The predicted octanol–water partition coefficient (Wildman–Crippen LogP) is 4.60. The maximum atomic E-state index is 5.83. The quantitative estimate of drug-likeness (QED) is 0.769. The summed E-state index contributed by atoms with van der Waals surface area (Å²) < 4.78 is 0. The average molecular weight is 290 g/mol. The zero-order valence-electron chi connectivity index (χ0n) is 10.0. The van der Waals surface area contributed by atoms with Gasteiger partial charge in [-0.25, -0.2) is 0 Å². The van der Waals surface area contributed by atoms with Crippen molar-refractivity contribution in [2.45, 2.75) is 31.3 Å². The zero-order chi connectivity index (χ0) is 12.7. The molecule has 0 saturated carbocycles. The summed E-state index contributed by atoms with van der Waals surface area (Å²) in [5.41, 5.74) is 2.71. The molecular weight excluding hydrogens is 273 g/mol. The maximum Gasteiger partial charge on any atom is 0.0396 e. The van der Waals surface area contributed by atoms with Crippen LogP contribution in [0.3, 0.4) is 0 Å². The summed E-state index contributed by atoms with van der Waals surface area (Å²) in [4.78, 5) is 1.20. The van der Waals surface area contributed by atoms with E-state index in [9.17, 15) is 0 Å². The standard InChI is InChI=1S/C13H17Cl2NS/c1-10(2)16-8-11-3-5-13(6-4-11)17-9-12(15)7-14/h3-7,10,16H,8-9H2,1-2H3/b12-7-. The molecule has 0 spiro atoms. The summed E-state index contributed by atoms with van der Waals surface area (Å²) >= 11 is 13.0. The van der Waals surface area contributed by atoms with Crippen molar-refractivity contribution in [2.24, 2.45) is 0 Å². The van der Waals surface area contributed by atoms with Gasteiger partial charge in [0.2, 0.25) is 0 Å². The van der Waals surface area contributed by atoms with Gasteiger partial charge in [-0.1, -0.05) is 49.2 Å². The first-order valence-electron chi connectivity index (χ1n) is 5.51. The van der Waals surface area contributed by atoms with Crippen LogP contribution in [0.5, 0.6) is 0 Å². The summed E-state index contributed by atoms with van der Waals surface area (Å²) in [7, 11) is 0. The molecule has 0 aliphatic rings. The Balaban J connectivity index is 2.44. The van der Waals surface area contributed by atoms with Gasteiger partial charge < -0.3 is 5.32 Å². The Kier molecular flexibility index (Phi) is 7.05. The second-order valence-electron chi connectivity index (χ2n) is 4.02. The van der Waals surface area contributed by atoms with Gasteiger partial charge in [0.25, 0.3) is 0 Å². The minimum atomic E-state index is 0.511. The second-order valence-corrected chi connectivity index (χ2v) is 5.78. The van der Waals surface area contributed by atoms with Crippen LogP contribution < -0.4 is 5.32 Å². The summed E-state index contributed by atoms with van der Waals surface area (Å²) in [6.07, 6.45) is 0. The van der Waals surface area contributed by atoms with Crippen molar-refractivity contribution in [1.29, 1.82) is 0 Å². The lowest BCUT2D eigenvalue weighted by molar-refractivity contribution is 0.588. The Hall–Kier alpha value is -0.150. The molecule has 0 aromatic heterocycles. The molecule has 0 aliphatic carbocycles. The molecule has 1 rings (SSSR count). The number of benzene rings is 1. The van der Waals surface area contributed by atoms with Crippen LogP contribution in [0.4, 0.5) is 0 Å². The predicted molar refractivity (Wildman–Crippen MR) is 78.9 cm³/mol. The van der Waals surface area contributed by atoms with E-state index in [1.54, 1.807) is 11.8 Å². The van der Waals surface area contributed by atoms with Crippen LogP contribution in [0, 0.1) is 0 Å². The molecule has 4 heteroatoms. The van der Waals surface area contributed by atoms with Crippen molar-refractivity contribution < 1.29 is 0 Å². The third kappa shape index (κ3) is 6.37. The minimum Gasteiger partial charge on any atom is -0.310 e. The van der Waals surface area contributed by atoms with Gasteiger partial charge in [-0.3, -0.25) is 0 Å². The second kappa shape index (κ2) is 8.04. The molecule has 1 aromatic rings. The molecule has 0 heterocycles. The Bertz CT molecular complexity index is 360. The Morgan fingerprint density at radius 1 is 1.35 bits per heavy atom. The fourth-order valence-electron chi connectivity index (χ4n) is 1.21. The first-order chi connectivity index (χ1) is 8.11. The number of thioether (sulfide) groups is 1. The minimum absolute atomic E-state index is 0.511. The first-order valence-corrected chi connectivity index (χ1v) is 7.31. The smallest absolute Gasteiger partial charge is 0.0396 e. The van der Waals surface area contributed by atoms with Crippen LogP contribution in [0.2, 0.25) is 0 Å². The van der Waals surface area contributed by atoms with Crippen molar-refractivity contribution in [1.82, 2.24) is 5.32 Å². The van der Waals surface area contributed by atoms with E-state index in [0.717, 1.165) is 6.54 Å². The van der Waals surface area contributed by atoms with E-state index in [0.29, 0.717) is 16.8 Å². The Morgan fingerprint density at radius 3 is 2.53 bits per heavy atom. The van der Waals surface area contributed by atoms with E-state index in [2.05, 4.69) is 43.4 Å². The zero-order valence-corrected chi connectivity index (χ0v) is 12.4. The first kappa shape index (κ1) is 14.9. The molecule has 0 saturated heterocycles. The van der Waals surface area contributed by atoms with E-state index in [-0.39, 0.29) is 0 Å². The highest BCUT2D eigenvalue weighted by atomic mass is 35.5. The molecule has 0 amide bonds. The molecule has 0 atom stereocenters. The lowest BCUT2D eigenvalue weighted by Gasteiger charge is -2.08. The van der Waals surface area contributed by atoms with Crippen LogP contribution in [0.1, 0.15) is 19.4 Å². The number of hydrogen-bond acceptors (Lipinski definition) is 2. The molecule has 0 aliphatic heterocycles. The van der Waals surface area contributed by atoms with E-state index >= 15 is 0 Å². The number of hydrogen-bond donors (Lipinski definition) is 1. The highest BCUT2D eigenvalue weighted by Gasteiger charge is 1.98. The van der Waals surface area contributed by atoms with Gasteiger partial charge in [0.05, 0.1) is 0 Å². The number of halogens is 2. The summed E-state index contributed by atoms with van der Waals surface area (Å²) in [5.74, 6) is 0.717. The maximum absolute atomic E-state index is 5.83. The fraction of sp³-hybridized carbons (Fsp3) is 0.385. The highest BCUT2D eigenvalue weighted by Crippen LogP contribution is 2.22. The molecule has 1 nitrogen and oxygen atoms in total. The van der Waals surface area contributed by atoms with E-state index in [1.165, 1.54) is 16.0 Å². The van der Waals surface area contributed by atoms with Crippen LogP contribution >= 0.6 is 35.0 Å². The number of nitrogens with one attached hydrogen (secondary N) is 1. The van der Waals surface area contributed by atoms with Gasteiger partial charge in [0, 0.05) is 33.8 Å². The SMILES string of the molecule is CC(C)NCc1ccc(SC/C(Cl)=C/Cl)cc1. The van der Waals surface area contributed by atoms with Crippen LogP contribution in [0.15, 0.2) is 39.7 Å². The van der Waals surface area contributed by atoms with Gasteiger partial charge in [0.15, 0.2) is 0 Å². The fourth-order valence-corrected chi connectivity index (χ4v) is 2.26. The van der Waals surface area contributed by atoms with Gasteiger partial charge in [-0.2, -0.15) is 0 Å². The van der Waals surface area contributed by atoms with Crippen molar-refractivity contribution in [3.8, 4) is 0 Å². The monoisotopic (exact) mass is 289 g/mol. The largest absolute Gasteiger partial charge is 0.310 e. The van der Waals surface area contributed by atoms with Crippen LogP contribution in [0.25, 0.3) is 0 Å². The molecule has 0 unspecified atom stereocenters. The third-order valence-corrected chi connectivity index (χ3v) is 3.97. The molecule has 0 bridgehead atoms. The molecule has 94 valence electrons. The van der Waals surface area contributed by atoms with Crippen molar-refractivity contribution in [2.75, 3.05) is 5.75 Å². The van der Waals surface area contributed by atoms with Crippen LogP contribution in [-0.4, -0.2) is 11.8 Å².